The predicted molar refractivity (Wildman–Crippen MR) is 231 cm³/mol. The molecule has 332 valence electrons. The number of unbranched alkanes of at least 4 members (excludes halogenated alkanes) is 28. The molecule has 0 aromatic rings. The zero-order chi connectivity index (χ0) is 40.9. The van der Waals surface area contributed by atoms with Crippen LogP contribution in [0.2, 0.25) is 0 Å². The zero-order valence-electron chi connectivity index (χ0n) is 36.4. The van der Waals surface area contributed by atoms with Crippen LogP contribution in [-0.2, 0) is 14.3 Å². The van der Waals surface area contributed by atoms with Crippen LogP contribution in [0.5, 0.6) is 0 Å². The van der Waals surface area contributed by atoms with Gasteiger partial charge in [0.25, 0.3) is 0 Å². The number of allylic oxidation sites excluding steroid dienone is 2. The predicted octanol–water partition coefficient (Wildman–Crippen LogP) is 10.1. The molecule has 0 bridgehead atoms. The highest BCUT2D eigenvalue weighted by Crippen LogP contribution is 2.23. The summed E-state index contributed by atoms with van der Waals surface area (Å²) in [6.07, 6.45) is 36.5. The minimum absolute atomic E-state index is 0.135. The first-order valence-electron chi connectivity index (χ1n) is 23.9. The Kier molecular flexibility index (Phi) is 36.1. The van der Waals surface area contributed by atoms with Crippen LogP contribution in [0, 0.1) is 0 Å². The molecule has 1 aliphatic rings. The fourth-order valence-corrected chi connectivity index (χ4v) is 7.74. The van der Waals surface area contributed by atoms with Gasteiger partial charge in [0, 0.05) is 6.42 Å². The van der Waals surface area contributed by atoms with E-state index in [1.54, 1.807) is 0 Å². The molecule has 56 heavy (non-hydrogen) atoms. The summed E-state index contributed by atoms with van der Waals surface area (Å²) in [5, 5.41) is 54.3. The van der Waals surface area contributed by atoms with Gasteiger partial charge < -0.3 is 40.3 Å². The minimum atomic E-state index is -1.55. The van der Waals surface area contributed by atoms with Gasteiger partial charge in [0.15, 0.2) is 6.29 Å². The molecule has 1 saturated heterocycles. The summed E-state index contributed by atoms with van der Waals surface area (Å²) in [4.78, 5) is 13.0. The van der Waals surface area contributed by atoms with E-state index in [-0.39, 0.29) is 12.5 Å². The molecule has 1 aliphatic heterocycles. The Balaban J connectivity index is 2.26. The first-order valence-corrected chi connectivity index (χ1v) is 23.9. The van der Waals surface area contributed by atoms with Crippen molar-refractivity contribution in [1.29, 1.82) is 0 Å². The van der Waals surface area contributed by atoms with Gasteiger partial charge in [-0.3, -0.25) is 4.79 Å². The third-order valence-corrected chi connectivity index (χ3v) is 11.6. The summed E-state index contributed by atoms with van der Waals surface area (Å²) in [7, 11) is 0. The summed E-state index contributed by atoms with van der Waals surface area (Å²) < 4.78 is 11.3. The molecule has 7 atom stereocenters. The molecule has 0 aromatic carbocycles. The number of hydrogen-bond acceptors (Lipinski definition) is 8. The lowest BCUT2D eigenvalue weighted by Gasteiger charge is -2.40. The van der Waals surface area contributed by atoms with Crippen molar-refractivity contribution in [1.82, 2.24) is 5.32 Å². The molecular formula is C47H91NO8. The Bertz CT molecular complexity index is 888. The smallest absolute Gasteiger partial charge is 0.220 e. The van der Waals surface area contributed by atoms with Gasteiger partial charge >= 0.3 is 0 Å². The quantitative estimate of drug-likeness (QED) is 0.0265. The van der Waals surface area contributed by atoms with Gasteiger partial charge in [-0.05, 0) is 38.5 Å². The van der Waals surface area contributed by atoms with E-state index in [2.05, 4.69) is 31.3 Å². The molecule has 0 saturated carbocycles. The third-order valence-electron chi connectivity index (χ3n) is 11.6. The van der Waals surface area contributed by atoms with Crippen molar-refractivity contribution in [2.75, 3.05) is 13.2 Å². The number of aliphatic hydroxyl groups excluding tert-OH is 5. The van der Waals surface area contributed by atoms with Crippen LogP contribution in [0.3, 0.4) is 0 Å². The fourth-order valence-electron chi connectivity index (χ4n) is 7.74. The van der Waals surface area contributed by atoms with E-state index in [0.717, 1.165) is 38.5 Å². The van der Waals surface area contributed by atoms with Crippen LogP contribution < -0.4 is 5.32 Å². The maximum absolute atomic E-state index is 13.0. The lowest BCUT2D eigenvalue weighted by Crippen LogP contribution is -2.60. The van der Waals surface area contributed by atoms with Crippen molar-refractivity contribution in [2.45, 2.75) is 269 Å². The highest BCUT2D eigenvalue weighted by molar-refractivity contribution is 5.76. The number of hydrogen-bond donors (Lipinski definition) is 6. The van der Waals surface area contributed by atoms with Gasteiger partial charge in [-0.2, -0.15) is 0 Å². The number of amides is 1. The molecule has 0 radical (unpaired) electrons. The molecule has 9 nitrogen and oxygen atoms in total. The van der Waals surface area contributed by atoms with Gasteiger partial charge in [0.1, 0.15) is 24.4 Å². The van der Waals surface area contributed by atoms with Crippen LogP contribution in [0.4, 0.5) is 0 Å². The Morgan fingerprint density at radius 1 is 0.589 bits per heavy atom. The molecular weight excluding hydrogens is 707 g/mol. The maximum Gasteiger partial charge on any atom is 0.220 e. The van der Waals surface area contributed by atoms with Gasteiger partial charge in [-0.15, -0.1) is 0 Å². The normalized spacial score (nSPS) is 21.2. The van der Waals surface area contributed by atoms with E-state index < -0.39 is 49.5 Å². The van der Waals surface area contributed by atoms with Crippen LogP contribution in [0.1, 0.15) is 226 Å². The summed E-state index contributed by atoms with van der Waals surface area (Å²) >= 11 is 0. The highest BCUT2D eigenvalue weighted by Gasteiger charge is 2.44. The Hall–Kier alpha value is -1.07. The number of nitrogens with one attached hydrogen (secondary N) is 1. The molecule has 1 amide bonds. The van der Waals surface area contributed by atoms with Crippen LogP contribution in [0.25, 0.3) is 0 Å². The van der Waals surface area contributed by atoms with Gasteiger partial charge in [-0.25, -0.2) is 0 Å². The SMILES string of the molecule is CCCCCCCC/C=C/CCCCCCCCCCCCCC(=O)N[C@@H](CO[C@H]1O[C@@H](CO)[C@H](O)C(O)C1O)[C@H](O)CCCCCCCCCCCCCC. The second-order valence-electron chi connectivity index (χ2n) is 16.9. The second-order valence-corrected chi connectivity index (χ2v) is 16.9. The molecule has 0 aromatic heterocycles. The van der Waals surface area contributed by atoms with E-state index >= 15 is 0 Å². The Labute approximate surface area is 344 Å². The number of aliphatic hydroxyl groups is 5. The van der Waals surface area contributed by atoms with E-state index in [4.69, 9.17) is 9.47 Å². The monoisotopic (exact) mass is 798 g/mol. The molecule has 2 unspecified atom stereocenters. The van der Waals surface area contributed by atoms with Crippen LogP contribution in [-0.4, -0.2) is 87.5 Å². The lowest BCUT2D eigenvalue weighted by atomic mass is 9.99. The Morgan fingerprint density at radius 3 is 1.45 bits per heavy atom. The molecule has 6 N–H and O–H groups in total. The van der Waals surface area contributed by atoms with Crippen LogP contribution >= 0.6 is 0 Å². The average molecular weight is 798 g/mol. The number of ether oxygens (including phenoxy) is 2. The molecule has 1 fully saturated rings. The summed E-state index contributed by atoms with van der Waals surface area (Å²) in [6, 6.07) is -0.714. The third kappa shape index (κ3) is 28.4. The van der Waals surface area contributed by atoms with Gasteiger partial charge in [0.2, 0.25) is 5.91 Å². The van der Waals surface area contributed by atoms with E-state index in [1.807, 2.05) is 0 Å². The highest BCUT2D eigenvalue weighted by atomic mass is 16.7. The van der Waals surface area contributed by atoms with Crippen molar-refractivity contribution in [2.24, 2.45) is 0 Å². The van der Waals surface area contributed by atoms with Gasteiger partial charge in [0.05, 0.1) is 25.4 Å². The number of rotatable bonds is 40. The molecule has 1 rings (SSSR count). The van der Waals surface area contributed by atoms with Crippen molar-refractivity contribution in [3.05, 3.63) is 12.2 Å². The largest absolute Gasteiger partial charge is 0.394 e. The topological polar surface area (TPSA) is 149 Å². The Morgan fingerprint density at radius 2 is 1.00 bits per heavy atom. The minimum Gasteiger partial charge on any atom is -0.394 e. The summed E-state index contributed by atoms with van der Waals surface area (Å²) in [5.74, 6) is -0.144. The van der Waals surface area contributed by atoms with E-state index in [1.165, 1.54) is 161 Å². The summed E-state index contributed by atoms with van der Waals surface area (Å²) in [5.41, 5.74) is 0. The lowest BCUT2D eigenvalue weighted by molar-refractivity contribution is -0.302. The fraction of sp³-hybridized carbons (Fsp3) is 0.936. The number of carbonyl (C=O) groups is 1. The van der Waals surface area contributed by atoms with Crippen molar-refractivity contribution in [3.8, 4) is 0 Å². The molecule has 9 heteroatoms. The first kappa shape index (κ1) is 52.9. The molecule has 0 spiro atoms. The van der Waals surface area contributed by atoms with Crippen molar-refractivity contribution < 1.29 is 39.8 Å². The summed E-state index contributed by atoms with van der Waals surface area (Å²) in [6.45, 7) is 3.83. The average Bonchev–Trinajstić information content (AvgIpc) is 3.20. The molecule has 1 heterocycles. The molecule has 0 aliphatic carbocycles. The number of carbonyl (C=O) groups excluding carboxylic acids is 1. The van der Waals surface area contributed by atoms with E-state index in [9.17, 15) is 30.3 Å². The second kappa shape index (κ2) is 38.2. The zero-order valence-corrected chi connectivity index (χ0v) is 36.4. The van der Waals surface area contributed by atoms with Gasteiger partial charge in [-0.1, -0.05) is 193 Å². The maximum atomic E-state index is 13.0. The van der Waals surface area contributed by atoms with Crippen LogP contribution in [0.15, 0.2) is 12.2 Å². The standard InChI is InChI=1S/C47H91NO8/c1-3-5-7-9-11-13-15-17-18-19-20-21-22-23-24-25-27-29-31-33-35-37-43(51)48-40(39-55-47-46(54)45(53)44(52)42(38-49)56-47)41(50)36-34-32-30-28-26-16-14-12-10-8-6-4-2/h17-18,40-42,44-47,49-50,52-54H,3-16,19-39H2,1-2H3,(H,48,51)/b18-17+/t40-,41+,42-,44-,45?,46?,47-/m0/s1. The van der Waals surface area contributed by atoms with Crippen molar-refractivity contribution >= 4 is 5.91 Å². The van der Waals surface area contributed by atoms with E-state index in [0.29, 0.717) is 12.8 Å². The first-order chi connectivity index (χ1) is 27.3. The van der Waals surface area contributed by atoms with Crippen molar-refractivity contribution in [3.63, 3.8) is 0 Å².